The van der Waals surface area contributed by atoms with Gasteiger partial charge < -0.3 is 10.4 Å². The zero-order valence-electron chi connectivity index (χ0n) is 32.6. The van der Waals surface area contributed by atoms with Crippen LogP contribution in [0.25, 0.3) is 0 Å². The van der Waals surface area contributed by atoms with E-state index in [2.05, 4.69) is 31.3 Å². The SMILES string of the molecule is CCCCCCCCCC/C=C\CCCCCCCCCCCCCC(=O)NC(CS(=O)(=O)O)C(O)CCCCCCCCCCCCC. The monoisotopic (exact) mass is 714 g/mol. The van der Waals surface area contributed by atoms with Crippen molar-refractivity contribution >= 4 is 16.0 Å². The van der Waals surface area contributed by atoms with Gasteiger partial charge in [-0.15, -0.1) is 0 Å². The molecule has 0 aliphatic heterocycles. The summed E-state index contributed by atoms with van der Waals surface area (Å²) < 4.78 is 32.5. The van der Waals surface area contributed by atoms with Gasteiger partial charge in [-0.1, -0.05) is 199 Å². The summed E-state index contributed by atoms with van der Waals surface area (Å²) in [6.45, 7) is 4.51. The van der Waals surface area contributed by atoms with Crippen LogP contribution in [0.4, 0.5) is 0 Å². The van der Waals surface area contributed by atoms with Crippen molar-refractivity contribution in [2.45, 2.75) is 244 Å². The minimum absolute atomic E-state index is 0.245. The van der Waals surface area contributed by atoms with E-state index in [1.807, 2.05) is 0 Å². The normalized spacial score (nSPS) is 13.3. The quantitative estimate of drug-likeness (QED) is 0.0334. The van der Waals surface area contributed by atoms with Crippen LogP contribution in [0.3, 0.4) is 0 Å². The van der Waals surface area contributed by atoms with Gasteiger partial charge in [-0.3, -0.25) is 9.35 Å². The predicted molar refractivity (Wildman–Crippen MR) is 212 cm³/mol. The van der Waals surface area contributed by atoms with Crippen molar-refractivity contribution in [2.75, 3.05) is 5.75 Å². The highest BCUT2D eigenvalue weighted by Crippen LogP contribution is 2.16. The van der Waals surface area contributed by atoms with Gasteiger partial charge in [-0.25, -0.2) is 0 Å². The van der Waals surface area contributed by atoms with E-state index in [9.17, 15) is 22.9 Å². The number of nitrogens with one attached hydrogen (secondary N) is 1. The molecule has 0 aliphatic carbocycles. The molecular formula is C42H83NO5S. The maximum atomic E-state index is 12.5. The van der Waals surface area contributed by atoms with Crippen molar-refractivity contribution in [2.24, 2.45) is 0 Å². The van der Waals surface area contributed by atoms with Gasteiger partial charge in [0.25, 0.3) is 10.1 Å². The Morgan fingerprint density at radius 3 is 1.22 bits per heavy atom. The van der Waals surface area contributed by atoms with Crippen LogP contribution in [0, 0.1) is 0 Å². The number of aliphatic hydroxyl groups excluding tert-OH is 1. The van der Waals surface area contributed by atoms with Gasteiger partial charge >= 0.3 is 0 Å². The molecule has 0 fully saturated rings. The lowest BCUT2D eigenvalue weighted by Gasteiger charge is -2.23. The van der Waals surface area contributed by atoms with Crippen LogP contribution in [-0.2, 0) is 14.9 Å². The van der Waals surface area contributed by atoms with Gasteiger partial charge in [0.05, 0.1) is 17.9 Å². The number of amides is 1. The zero-order chi connectivity index (χ0) is 36.1. The molecule has 2 atom stereocenters. The van der Waals surface area contributed by atoms with E-state index < -0.39 is 28.0 Å². The highest BCUT2D eigenvalue weighted by atomic mass is 32.2. The number of hydrogen-bond donors (Lipinski definition) is 3. The number of aliphatic hydroxyl groups is 1. The predicted octanol–water partition coefficient (Wildman–Crippen LogP) is 12.6. The molecule has 1 amide bonds. The first-order valence-corrected chi connectivity index (χ1v) is 23.0. The molecule has 6 nitrogen and oxygen atoms in total. The third-order valence-electron chi connectivity index (χ3n) is 9.97. The van der Waals surface area contributed by atoms with Crippen LogP contribution in [0.2, 0.25) is 0 Å². The Bertz CT molecular complexity index is 831. The van der Waals surface area contributed by atoms with Crippen molar-refractivity contribution in [3.05, 3.63) is 12.2 Å². The second-order valence-electron chi connectivity index (χ2n) is 15.0. The first-order chi connectivity index (χ1) is 23.8. The minimum Gasteiger partial charge on any atom is -0.391 e. The second kappa shape index (κ2) is 36.9. The number of rotatable bonds is 39. The Labute approximate surface area is 305 Å². The van der Waals surface area contributed by atoms with Crippen molar-refractivity contribution < 1.29 is 22.9 Å². The van der Waals surface area contributed by atoms with Gasteiger partial charge in [0.2, 0.25) is 5.91 Å². The lowest BCUT2D eigenvalue weighted by atomic mass is 10.0. The van der Waals surface area contributed by atoms with Gasteiger partial charge in [0, 0.05) is 6.42 Å². The number of hydrogen-bond acceptors (Lipinski definition) is 4. The molecule has 0 aromatic rings. The summed E-state index contributed by atoms with van der Waals surface area (Å²) in [5, 5.41) is 13.3. The fraction of sp³-hybridized carbons (Fsp3) is 0.929. The lowest BCUT2D eigenvalue weighted by molar-refractivity contribution is -0.122. The summed E-state index contributed by atoms with van der Waals surface area (Å²) in [5.41, 5.74) is 0. The first kappa shape index (κ1) is 48.1. The molecule has 3 N–H and O–H groups in total. The van der Waals surface area contributed by atoms with E-state index in [0.29, 0.717) is 12.8 Å². The van der Waals surface area contributed by atoms with Crippen molar-refractivity contribution in [3.8, 4) is 0 Å². The van der Waals surface area contributed by atoms with Crippen LogP contribution in [-0.4, -0.2) is 41.9 Å². The molecule has 0 aliphatic rings. The van der Waals surface area contributed by atoms with Gasteiger partial charge in [0.15, 0.2) is 0 Å². The molecule has 49 heavy (non-hydrogen) atoms. The molecule has 0 bridgehead atoms. The smallest absolute Gasteiger partial charge is 0.266 e. The molecule has 2 unspecified atom stereocenters. The Kier molecular flexibility index (Phi) is 36.2. The van der Waals surface area contributed by atoms with E-state index in [4.69, 9.17) is 0 Å². The molecule has 0 rings (SSSR count). The lowest BCUT2D eigenvalue weighted by Crippen LogP contribution is -2.47. The topological polar surface area (TPSA) is 104 Å². The summed E-state index contributed by atoms with van der Waals surface area (Å²) in [6, 6.07) is -0.966. The number of allylic oxidation sites excluding steroid dienone is 2. The zero-order valence-corrected chi connectivity index (χ0v) is 33.4. The standard InChI is InChI=1S/C42H83NO5S/c1-3-5-7-9-11-13-15-16-17-18-19-20-21-22-23-24-25-26-28-30-32-34-36-38-42(45)43-40(39-49(46,47)48)41(44)37-35-33-31-29-27-14-12-10-8-6-4-2/h18-19,40-41,44H,3-17,20-39H2,1-2H3,(H,43,45)(H,46,47,48)/b19-18-. The highest BCUT2D eigenvalue weighted by molar-refractivity contribution is 7.85. The highest BCUT2D eigenvalue weighted by Gasteiger charge is 2.26. The Balaban J connectivity index is 3.74. The maximum absolute atomic E-state index is 12.5. The summed E-state index contributed by atoms with van der Waals surface area (Å²) in [5.74, 6) is -0.889. The summed E-state index contributed by atoms with van der Waals surface area (Å²) in [7, 11) is -4.30. The van der Waals surface area contributed by atoms with E-state index in [-0.39, 0.29) is 5.91 Å². The summed E-state index contributed by atoms with van der Waals surface area (Å²) >= 11 is 0. The number of unbranched alkanes of at least 4 members (excludes halogenated alkanes) is 29. The second-order valence-corrected chi connectivity index (χ2v) is 16.5. The van der Waals surface area contributed by atoms with Crippen LogP contribution < -0.4 is 5.32 Å². The molecule has 0 spiro atoms. The van der Waals surface area contributed by atoms with Crippen molar-refractivity contribution in [1.29, 1.82) is 0 Å². The van der Waals surface area contributed by atoms with Crippen LogP contribution >= 0.6 is 0 Å². The van der Waals surface area contributed by atoms with E-state index in [0.717, 1.165) is 38.5 Å². The van der Waals surface area contributed by atoms with Gasteiger partial charge in [-0.05, 0) is 38.5 Å². The Hall–Kier alpha value is -0.920. The Morgan fingerprint density at radius 1 is 0.531 bits per heavy atom. The summed E-state index contributed by atoms with van der Waals surface area (Å²) in [6.07, 6.45) is 44.6. The molecule has 0 aromatic carbocycles. The molecule has 0 saturated heterocycles. The molecule has 0 heterocycles. The van der Waals surface area contributed by atoms with E-state index in [1.165, 1.54) is 167 Å². The van der Waals surface area contributed by atoms with Gasteiger partial charge in [-0.2, -0.15) is 8.42 Å². The largest absolute Gasteiger partial charge is 0.391 e. The van der Waals surface area contributed by atoms with Crippen LogP contribution in [0.1, 0.15) is 232 Å². The minimum atomic E-state index is -4.30. The molecule has 292 valence electrons. The van der Waals surface area contributed by atoms with Crippen LogP contribution in [0.5, 0.6) is 0 Å². The van der Waals surface area contributed by atoms with Gasteiger partial charge in [0.1, 0.15) is 0 Å². The first-order valence-electron chi connectivity index (χ1n) is 21.4. The maximum Gasteiger partial charge on any atom is 0.266 e. The molecule has 7 heteroatoms. The fourth-order valence-corrected chi connectivity index (χ4v) is 7.50. The molecule has 0 radical (unpaired) electrons. The number of carbonyl (C=O) groups is 1. The van der Waals surface area contributed by atoms with E-state index >= 15 is 0 Å². The average Bonchev–Trinajstić information content (AvgIpc) is 3.06. The average molecular weight is 714 g/mol. The third kappa shape index (κ3) is 38.1. The van der Waals surface area contributed by atoms with Crippen LogP contribution in [0.15, 0.2) is 12.2 Å². The third-order valence-corrected chi connectivity index (χ3v) is 10.8. The molecular weight excluding hydrogens is 631 g/mol. The molecule has 0 saturated carbocycles. The fourth-order valence-electron chi connectivity index (χ4n) is 6.74. The van der Waals surface area contributed by atoms with E-state index in [1.54, 1.807) is 0 Å². The summed E-state index contributed by atoms with van der Waals surface area (Å²) in [4.78, 5) is 12.5. The Morgan fingerprint density at radius 2 is 0.857 bits per heavy atom. The van der Waals surface area contributed by atoms with Crippen molar-refractivity contribution in [1.82, 2.24) is 5.32 Å². The molecule has 0 aromatic heterocycles. The number of carbonyl (C=O) groups excluding carboxylic acids is 1. The van der Waals surface area contributed by atoms with Crippen molar-refractivity contribution in [3.63, 3.8) is 0 Å².